The molecule has 1 amide bonds. The van der Waals surface area contributed by atoms with Gasteiger partial charge in [0.2, 0.25) is 5.91 Å². The lowest BCUT2D eigenvalue weighted by molar-refractivity contribution is -0.116. The molecule has 0 unspecified atom stereocenters. The molecule has 122 valence electrons. The molecule has 2 rings (SSSR count). The van der Waals surface area contributed by atoms with Crippen molar-refractivity contribution in [2.24, 2.45) is 0 Å². The highest BCUT2D eigenvalue weighted by molar-refractivity contribution is 7.91. The number of nitrogens with zero attached hydrogens (tertiary/aromatic N) is 1. The number of aryl methyl sites for hydroxylation is 1. The molecule has 6 nitrogen and oxygen atoms in total. The van der Waals surface area contributed by atoms with Crippen LogP contribution in [0.3, 0.4) is 0 Å². The van der Waals surface area contributed by atoms with Gasteiger partial charge in [-0.1, -0.05) is 13.0 Å². The number of benzene rings is 1. The first-order chi connectivity index (χ1) is 10.9. The fraction of sp³-hybridized carbons (Fsp3) is 0.250. The van der Waals surface area contributed by atoms with E-state index in [4.69, 9.17) is 0 Å². The van der Waals surface area contributed by atoms with Gasteiger partial charge < -0.3 is 10.4 Å². The van der Waals surface area contributed by atoms with E-state index in [-0.39, 0.29) is 34.4 Å². The molecule has 1 aromatic carbocycles. The number of phenolic OH excluding ortho intramolecular Hbond substituents is 1. The second kappa shape index (κ2) is 7.23. The third-order valence-corrected chi connectivity index (χ3v) is 5.05. The Morgan fingerprint density at radius 3 is 2.70 bits per heavy atom. The molecule has 0 radical (unpaired) electrons. The van der Waals surface area contributed by atoms with E-state index in [1.807, 2.05) is 12.1 Å². The number of nitrogens with one attached hydrogen (secondary N) is 1. The van der Waals surface area contributed by atoms with E-state index in [2.05, 4.69) is 10.3 Å². The minimum Gasteiger partial charge on any atom is -0.506 e. The monoisotopic (exact) mass is 334 g/mol. The molecule has 0 atom stereocenters. The summed E-state index contributed by atoms with van der Waals surface area (Å²) in [5.41, 5.74) is 0.875. The summed E-state index contributed by atoms with van der Waals surface area (Å²) in [4.78, 5) is 16.2. The van der Waals surface area contributed by atoms with Crippen LogP contribution in [0.2, 0.25) is 0 Å². The lowest BCUT2D eigenvalue weighted by Gasteiger charge is -2.09. The van der Waals surface area contributed by atoms with Gasteiger partial charge in [-0.2, -0.15) is 0 Å². The van der Waals surface area contributed by atoms with E-state index in [1.165, 1.54) is 25.1 Å². The highest BCUT2D eigenvalue weighted by Crippen LogP contribution is 2.27. The summed E-state index contributed by atoms with van der Waals surface area (Å²) in [7, 11) is -3.40. The second-order valence-electron chi connectivity index (χ2n) is 4.95. The number of carbonyl (C=O) groups excluding carboxylic acids is 1. The topological polar surface area (TPSA) is 96.4 Å². The van der Waals surface area contributed by atoms with Gasteiger partial charge in [0.15, 0.2) is 9.84 Å². The Hall–Kier alpha value is -2.41. The zero-order chi connectivity index (χ0) is 16.9. The van der Waals surface area contributed by atoms with Crippen LogP contribution >= 0.6 is 0 Å². The number of anilines is 1. The van der Waals surface area contributed by atoms with Crippen LogP contribution in [0, 0.1) is 0 Å². The van der Waals surface area contributed by atoms with Crippen LogP contribution in [0.4, 0.5) is 5.69 Å². The van der Waals surface area contributed by atoms with Gasteiger partial charge >= 0.3 is 0 Å². The summed E-state index contributed by atoms with van der Waals surface area (Å²) in [5, 5.41) is 12.3. The normalized spacial score (nSPS) is 11.2. The number of pyridine rings is 1. The van der Waals surface area contributed by atoms with Crippen molar-refractivity contribution >= 4 is 21.4 Å². The number of aromatic hydroxyl groups is 1. The van der Waals surface area contributed by atoms with Gasteiger partial charge in [-0.3, -0.25) is 9.78 Å². The standard InChI is InChI=1S/C16H18N2O4S/c1-2-23(21,22)13-7-8-15(19)14(11-13)18-16(20)9-6-12-5-3-4-10-17-12/h3-5,7-8,10-11,19H,2,6,9H2,1H3,(H,18,20). The molecule has 0 fully saturated rings. The van der Waals surface area contributed by atoms with Gasteiger partial charge in [-0.25, -0.2) is 8.42 Å². The summed E-state index contributed by atoms with van der Waals surface area (Å²) in [6, 6.07) is 9.30. The van der Waals surface area contributed by atoms with E-state index in [9.17, 15) is 18.3 Å². The maximum absolute atomic E-state index is 12.0. The third-order valence-electron chi connectivity index (χ3n) is 3.32. The Bertz CT molecular complexity index is 789. The molecule has 0 aliphatic rings. The molecule has 0 saturated carbocycles. The maximum atomic E-state index is 12.0. The number of rotatable bonds is 6. The molecule has 23 heavy (non-hydrogen) atoms. The zero-order valence-corrected chi connectivity index (χ0v) is 13.5. The molecule has 1 aromatic heterocycles. The average molecular weight is 334 g/mol. The largest absolute Gasteiger partial charge is 0.506 e. The summed E-state index contributed by atoms with van der Waals surface area (Å²) in [6.07, 6.45) is 2.29. The van der Waals surface area contributed by atoms with Crippen molar-refractivity contribution in [2.45, 2.75) is 24.7 Å². The first-order valence-electron chi connectivity index (χ1n) is 7.18. The number of hydrogen-bond acceptors (Lipinski definition) is 5. The van der Waals surface area contributed by atoms with Crippen molar-refractivity contribution in [1.82, 2.24) is 4.98 Å². The summed E-state index contributed by atoms with van der Waals surface area (Å²) >= 11 is 0. The fourth-order valence-corrected chi connectivity index (χ4v) is 2.88. The Balaban J connectivity index is 2.07. The molecule has 7 heteroatoms. The average Bonchev–Trinajstić information content (AvgIpc) is 2.56. The highest BCUT2D eigenvalue weighted by atomic mass is 32.2. The van der Waals surface area contributed by atoms with Gasteiger partial charge in [-0.05, 0) is 36.8 Å². The Morgan fingerprint density at radius 2 is 2.04 bits per heavy atom. The van der Waals surface area contributed by atoms with Crippen LogP contribution in [0.15, 0.2) is 47.5 Å². The van der Waals surface area contributed by atoms with Crippen LogP contribution < -0.4 is 5.32 Å². The lowest BCUT2D eigenvalue weighted by Crippen LogP contribution is -2.13. The molecule has 0 aliphatic carbocycles. The second-order valence-corrected chi connectivity index (χ2v) is 7.23. The SMILES string of the molecule is CCS(=O)(=O)c1ccc(O)c(NC(=O)CCc2ccccn2)c1. The lowest BCUT2D eigenvalue weighted by atomic mass is 10.2. The van der Waals surface area contributed by atoms with Crippen molar-refractivity contribution < 1.29 is 18.3 Å². The molecule has 0 aliphatic heterocycles. The summed E-state index contributed by atoms with van der Waals surface area (Å²) in [6.45, 7) is 1.54. The van der Waals surface area contributed by atoms with Gasteiger partial charge in [0.1, 0.15) is 5.75 Å². The van der Waals surface area contributed by atoms with Crippen LogP contribution in [-0.4, -0.2) is 30.2 Å². The molecule has 2 N–H and O–H groups in total. The number of carbonyl (C=O) groups is 1. The smallest absolute Gasteiger partial charge is 0.224 e. The van der Waals surface area contributed by atoms with Crippen molar-refractivity contribution in [1.29, 1.82) is 0 Å². The summed E-state index contributed by atoms with van der Waals surface area (Å²) < 4.78 is 23.7. The predicted molar refractivity (Wildman–Crippen MR) is 87.0 cm³/mol. The minimum atomic E-state index is -3.40. The fourth-order valence-electron chi connectivity index (χ4n) is 1.98. The minimum absolute atomic E-state index is 0.0508. The van der Waals surface area contributed by atoms with Gasteiger partial charge in [0.25, 0.3) is 0 Å². The third kappa shape index (κ3) is 4.53. The Labute approximate surface area is 135 Å². The van der Waals surface area contributed by atoms with Crippen LogP contribution in [0.1, 0.15) is 19.0 Å². The van der Waals surface area contributed by atoms with E-state index < -0.39 is 9.84 Å². The number of sulfone groups is 1. The molecule has 2 aromatic rings. The van der Waals surface area contributed by atoms with Gasteiger partial charge in [0, 0.05) is 18.3 Å². The number of aromatic nitrogens is 1. The first kappa shape index (κ1) is 17.0. The van der Waals surface area contributed by atoms with Gasteiger partial charge in [-0.15, -0.1) is 0 Å². The molecule has 0 bridgehead atoms. The maximum Gasteiger partial charge on any atom is 0.224 e. The van der Waals surface area contributed by atoms with Crippen LogP contribution in [0.5, 0.6) is 5.75 Å². The van der Waals surface area contributed by atoms with Crippen molar-refractivity contribution in [3.05, 3.63) is 48.3 Å². The van der Waals surface area contributed by atoms with E-state index >= 15 is 0 Å². The van der Waals surface area contributed by atoms with E-state index in [1.54, 1.807) is 12.3 Å². The first-order valence-corrected chi connectivity index (χ1v) is 8.83. The van der Waals surface area contributed by atoms with E-state index in [0.717, 1.165) is 5.69 Å². The number of hydrogen-bond donors (Lipinski definition) is 2. The van der Waals surface area contributed by atoms with Crippen molar-refractivity contribution in [3.63, 3.8) is 0 Å². The Morgan fingerprint density at radius 1 is 1.26 bits per heavy atom. The molecule has 1 heterocycles. The predicted octanol–water partition coefficient (Wildman–Crippen LogP) is 2.15. The van der Waals surface area contributed by atoms with E-state index in [0.29, 0.717) is 6.42 Å². The Kier molecular flexibility index (Phi) is 5.33. The molecule has 0 saturated heterocycles. The highest BCUT2D eigenvalue weighted by Gasteiger charge is 2.15. The molecule has 0 spiro atoms. The van der Waals surface area contributed by atoms with Crippen molar-refractivity contribution in [2.75, 3.05) is 11.1 Å². The molecular formula is C16H18N2O4S. The number of phenols is 1. The molecular weight excluding hydrogens is 316 g/mol. The summed E-state index contributed by atoms with van der Waals surface area (Å²) in [5.74, 6) is -0.548. The van der Waals surface area contributed by atoms with Crippen LogP contribution in [-0.2, 0) is 21.1 Å². The zero-order valence-electron chi connectivity index (χ0n) is 12.7. The van der Waals surface area contributed by atoms with Gasteiger partial charge in [0.05, 0.1) is 16.3 Å². The van der Waals surface area contributed by atoms with Crippen LogP contribution in [0.25, 0.3) is 0 Å². The van der Waals surface area contributed by atoms with Crippen molar-refractivity contribution in [3.8, 4) is 5.75 Å². The number of amides is 1. The quantitative estimate of drug-likeness (QED) is 0.789.